The number of rotatable bonds is 7. The van der Waals surface area contributed by atoms with Gasteiger partial charge < -0.3 is 9.63 Å². The summed E-state index contributed by atoms with van der Waals surface area (Å²) >= 11 is 1.54. The molecule has 1 N–H and O–H groups in total. The molecule has 0 spiro atoms. The number of nitrogens with zero attached hydrogens (tertiary/aromatic N) is 3. The van der Waals surface area contributed by atoms with Crippen LogP contribution < -0.4 is 0 Å². The Bertz CT molecular complexity index is 551. The highest BCUT2D eigenvalue weighted by molar-refractivity contribution is 7.13. The number of thiophene rings is 1. The lowest BCUT2D eigenvalue weighted by molar-refractivity contribution is -0.138. The van der Waals surface area contributed by atoms with Crippen LogP contribution in [0.15, 0.2) is 22.0 Å². The first kappa shape index (κ1) is 14.7. The van der Waals surface area contributed by atoms with Crippen molar-refractivity contribution in [2.75, 3.05) is 13.1 Å². The van der Waals surface area contributed by atoms with Gasteiger partial charge in [-0.1, -0.05) is 25.1 Å². The summed E-state index contributed by atoms with van der Waals surface area (Å²) in [6.45, 7) is 5.07. The third-order valence-electron chi connectivity index (χ3n) is 2.55. The minimum Gasteiger partial charge on any atom is -0.480 e. The minimum absolute atomic E-state index is 0.0328. The van der Waals surface area contributed by atoms with Crippen LogP contribution in [0, 0.1) is 5.92 Å². The molecule has 0 aliphatic heterocycles. The largest absolute Gasteiger partial charge is 0.480 e. The molecular formula is C13H17N3O3S. The fourth-order valence-corrected chi connectivity index (χ4v) is 2.56. The first-order chi connectivity index (χ1) is 9.54. The van der Waals surface area contributed by atoms with Crippen LogP contribution in [0.5, 0.6) is 0 Å². The lowest BCUT2D eigenvalue weighted by atomic mass is 10.2. The molecule has 20 heavy (non-hydrogen) atoms. The molecule has 0 saturated carbocycles. The summed E-state index contributed by atoms with van der Waals surface area (Å²) < 4.78 is 5.19. The first-order valence-corrected chi connectivity index (χ1v) is 7.23. The molecule has 6 nitrogen and oxygen atoms in total. The second-order valence-corrected chi connectivity index (χ2v) is 5.89. The second-order valence-electron chi connectivity index (χ2n) is 4.95. The van der Waals surface area contributed by atoms with E-state index in [1.54, 1.807) is 4.90 Å². The highest BCUT2D eigenvalue weighted by Gasteiger charge is 2.16. The Kier molecular flexibility index (Phi) is 4.86. The lowest BCUT2D eigenvalue weighted by Crippen LogP contribution is -2.32. The average molecular weight is 295 g/mol. The molecule has 0 bridgehead atoms. The Hall–Kier alpha value is -1.73. The van der Waals surface area contributed by atoms with Crippen LogP contribution in [0.3, 0.4) is 0 Å². The molecule has 2 aromatic heterocycles. The summed E-state index contributed by atoms with van der Waals surface area (Å²) in [5.41, 5.74) is 0. The van der Waals surface area contributed by atoms with Gasteiger partial charge in [0.15, 0.2) is 0 Å². The molecule has 108 valence electrons. The number of carboxylic acid groups (broad SMARTS) is 1. The zero-order valence-corrected chi connectivity index (χ0v) is 12.3. The van der Waals surface area contributed by atoms with Crippen molar-refractivity contribution in [3.05, 3.63) is 23.4 Å². The smallest absolute Gasteiger partial charge is 0.317 e. The van der Waals surface area contributed by atoms with Gasteiger partial charge in [0.05, 0.1) is 18.0 Å². The monoisotopic (exact) mass is 295 g/mol. The van der Waals surface area contributed by atoms with E-state index in [2.05, 4.69) is 10.1 Å². The zero-order chi connectivity index (χ0) is 14.5. The molecule has 0 aliphatic carbocycles. The molecule has 2 heterocycles. The Morgan fingerprint density at radius 2 is 2.35 bits per heavy atom. The first-order valence-electron chi connectivity index (χ1n) is 6.35. The van der Waals surface area contributed by atoms with Gasteiger partial charge in [-0.05, 0) is 17.4 Å². The van der Waals surface area contributed by atoms with Gasteiger partial charge in [-0.15, -0.1) is 11.3 Å². The van der Waals surface area contributed by atoms with Crippen LogP contribution in [-0.2, 0) is 11.3 Å². The summed E-state index contributed by atoms with van der Waals surface area (Å²) in [7, 11) is 0. The summed E-state index contributed by atoms with van der Waals surface area (Å²) in [6.07, 6.45) is 0. The molecule has 0 unspecified atom stereocenters. The van der Waals surface area contributed by atoms with Gasteiger partial charge in [-0.25, -0.2) is 0 Å². The van der Waals surface area contributed by atoms with E-state index in [-0.39, 0.29) is 6.54 Å². The van der Waals surface area contributed by atoms with E-state index in [1.165, 1.54) is 11.3 Å². The SMILES string of the molecule is CC(C)CN(CC(=O)O)Cc1nc(-c2cccs2)no1. The lowest BCUT2D eigenvalue weighted by Gasteiger charge is -2.20. The quantitative estimate of drug-likeness (QED) is 0.844. The molecular weight excluding hydrogens is 278 g/mol. The van der Waals surface area contributed by atoms with E-state index in [1.807, 2.05) is 31.4 Å². The maximum atomic E-state index is 10.9. The molecule has 2 rings (SSSR count). The summed E-state index contributed by atoms with van der Waals surface area (Å²) in [5.74, 6) is 0.503. The molecule has 2 aromatic rings. The molecule has 0 atom stereocenters. The van der Waals surface area contributed by atoms with Crippen LogP contribution in [0.4, 0.5) is 0 Å². The maximum absolute atomic E-state index is 10.9. The maximum Gasteiger partial charge on any atom is 0.317 e. The number of carboxylic acids is 1. The predicted molar refractivity (Wildman–Crippen MR) is 75.4 cm³/mol. The molecule has 0 radical (unpaired) electrons. The summed E-state index contributed by atoms with van der Waals surface area (Å²) in [6, 6.07) is 3.84. The molecule has 0 amide bonds. The predicted octanol–water partition coefficient (Wildman–Crippen LogP) is 2.34. The Morgan fingerprint density at radius 3 is 2.95 bits per heavy atom. The van der Waals surface area contributed by atoms with E-state index < -0.39 is 5.97 Å². The van der Waals surface area contributed by atoms with Crippen molar-refractivity contribution in [1.82, 2.24) is 15.0 Å². The minimum atomic E-state index is -0.858. The van der Waals surface area contributed by atoms with Crippen molar-refractivity contribution in [3.63, 3.8) is 0 Å². The number of hydrogen-bond acceptors (Lipinski definition) is 6. The van der Waals surface area contributed by atoms with Crippen LogP contribution in [0.2, 0.25) is 0 Å². The highest BCUT2D eigenvalue weighted by atomic mass is 32.1. The molecule has 7 heteroatoms. The molecule has 0 aromatic carbocycles. The summed E-state index contributed by atoms with van der Waals surface area (Å²) in [4.78, 5) is 17.9. The Labute approximate surface area is 121 Å². The van der Waals surface area contributed by atoms with Crippen molar-refractivity contribution in [2.24, 2.45) is 5.92 Å². The van der Waals surface area contributed by atoms with Gasteiger partial charge in [-0.2, -0.15) is 4.98 Å². The van der Waals surface area contributed by atoms with Crippen molar-refractivity contribution in [1.29, 1.82) is 0 Å². The van der Waals surface area contributed by atoms with E-state index >= 15 is 0 Å². The van der Waals surface area contributed by atoms with E-state index in [0.717, 1.165) is 4.88 Å². The van der Waals surface area contributed by atoms with Gasteiger partial charge in [0, 0.05) is 6.54 Å². The number of aliphatic carboxylic acids is 1. The van der Waals surface area contributed by atoms with Crippen LogP contribution >= 0.6 is 11.3 Å². The van der Waals surface area contributed by atoms with Crippen molar-refractivity contribution < 1.29 is 14.4 Å². The fraction of sp³-hybridized carbons (Fsp3) is 0.462. The third kappa shape index (κ3) is 4.14. The van der Waals surface area contributed by atoms with E-state index in [4.69, 9.17) is 9.63 Å². The summed E-state index contributed by atoms with van der Waals surface area (Å²) in [5, 5.41) is 14.8. The molecule has 0 aliphatic rings. The normalized spacial score (nSPS) is 11.4. The molecule has 0 saturated heterocycles. The van der Waals surface area contributed by atoms with Crippen molar-refractivity contribution in [2.45, 2.75) is 20.4 Å². The van der Waals surface area contributed by atoms with Gasteiger partial charge in [-0.3, -0.25) is 9.69 Å². The van der Waals surface area contributed by atoms with Crippen LogP contribution in [0.1, 0.15) is 19.7 Å². The third-order valence-corrected chi connectivity index (χ3v) is 3.42. The van der Waals surface area contributed by atoms with Crippen molar-refractivity contribution in [3.8, 4) is 10.7 Å². The number of carbonyl (C=O) groups is 1. The van der Waals surface area contributed by atoms with E-state index in [0.29, 0.717) is 30.7 Å². The average Bonchev–Trinajstić information content (AvgIpc) is 2.95. The van der Waals surface area contributed by atoms with Crippen molar-refractivity contribution >= 4 is 17.3 Å². The standard InChI is InChI=1S/C13H17N3O3S/c1-9(2)6-16(8-12(17)18)7-11-14-13(15-19-11)10-4-3-5-20-10/h3-5,9H,6-8H2,1-2H3,(H,17,18). The number of hydrogen-bond donors (Lipinski definition) is 1. The van der Waals surface area contributed by atoms with Crippen LogP contribution in [-0.4, -0.2) is 39.2 Å². The Balaban J connectivity index is 2.04. The van der Waals surface area contributed by atoms with E-state index in [9.17, 15) is 4.79 Å². The topological polar surface area (TPSA) is 79.5 Å². The van der Waals surface area contributed by atoms with Gasteiger partial charge in [0.2, 0.25) is 11.7 Å². The fourth-order valence-electron chi connectivity index (χ4n) is 1.91. The number of aromatic nitrogens is 2. The second kappa shape index (κ2) is 6.62. The molecule has 0 fully saturated rings. The van der Waals surface area contributed by atoms with Gasteiger partial charge in [0.25, 0.3) is 0 Å². The highest BCUT2D eigenvalue weighted by Crippen LogP contribution is 2.21. The zero-order valence-electron chi connectivity index (χ0n) is 11.4. The van der Waals surface area contributed by atoms with Gasteiger partial charge in [0.1, 0.15) is 0 Å². The van der Waals surface area contributed by atoms with Gasteiger partial charge >= 0.3 is 5.97 Å². The Morgan fingerprint density at radius 1 is 1.55 bits per heavy atom. The van der Waals surface area contributed by atoms with Crippen LogP contribution in [0.25, 0.3) is 10.7 Å².